The molecule has 2 N–H and O–H groups in total. The molecule has 22 heavy (non-hydrogen) atoms. The van der Waals surface area contributed by atoms with Gasteiger partial charge in [0.05, 0.1) is 7.11 Å². The topological polar surface area (TPSA) is 79.7 Å². The number of esters is 1. The third-order valence-electron chi connectivity index (χ3n) is 3.35. The van der Waals surface area contributed by atoms with Gasteiger partial charge in [-0.2, -0.15) is 13.2 Å². The Morgan fingerprint density at radius 1 is 1.36 bits per heavy atom. The highest BCUT2D eigenvalue weighted by Gasteiger charge is 2.63. The summed E-state index contributed by atoms with van der Waals surface area (Å²) in [5, 5.41) is 20.5. The standard InChI is InChI=1S/C14H12F3NO4/c1-7-6-9(11(19)10-8(7)4-3-5-18-10)13(21,12(20)22-2)14(15,16)17/h3-6,19,21H,1-2H3/t13-/m0/s1. The summed E-state index contributed by atoms with van der Waals surface area (Å²) in [6.45, 7) is 1.47. The average molecular weight is 315 g/mol. The van der Waals surface area contributed by atoms with Crippen LogP contribution in [0.3, 0.4) is 0 Å². The van der Waals surface area contributed by atoms with E-state index in [0.717, 1.165) is 6.07 Å². The van der Waals surface area contributed by atoms with Crippen molar-refractivity contribution < 1.29 is 32.9 Å². The number of carbonyl (C=O) groups is 1. The summed E-state index contributed by atoms with van der Waals surface area (Å²) < 4.78 is 43.8. The Hall–Kier alpha value is -2.35. The Balaban J connectivity index is 2.87. The van der Waals surface area contributed by atoms with Crippen LogP contribution < -0.4 is 0 Å². The van der Waals surface area contributed by atoms with Gasteiger partial charge in [-0.3, -0.25) is 4.98 Å². The molecule has 8 heteroatoms. The number of benzene rings is 1. The summed E-state index contributed by atoms with van der Waals surface area (Å²) in [4.78, 5) is 15.4. The van der Waals surface area contributed by atoms with Gasteiger partial charge in [-0.1, -0.05) is 6.07 Å². The lowest BCUT2D eigenvalue weighted by Crippen LogP contribution is -2.50. The van der Waals surface area contributed by atoms with E-state index in [1.807, 2.05) is 0 Å². The smallest absolute Gasteiger partial charge is 0.432 e. The van der Waals surface area contributed by atoms with E-state index < -0.39 is 29.1 Å². The van der Waals surface area contributed by atoms with Gasteiger partial charge in [0.2, 0.25) is 0 Å². The second kappa shape index (κ2) is 5.13. The second-order valence-electron chi connectivity index (χ2n) is 4.69. The molecular formula is C14H12F3NO4. The van der Waals surface area contributed by atoms with Gasteiger partial charge in [0.15, 0.2) is 0 Å². The summed E-state index contributed by atoms with van der Waals surface area (Å²) in [6.07, 6.45) is -4.11. The van der Waals surface area contributed by atoms with Crippen LogP contribution in [0.1, 0.15) is 11.1 Å². The van der Waals surface area contributed by atoms with Crippen LogP contribution in [-0.2, 0) is 15.1 Å². The van der Waals surface area contributed by atoms with Gasteiger partial charge in [0.1, 0.15) is 11.3 Å². The van der Waals surface area contributed by atoms with Crippen LogP contribution in [0, 0.1) is 6.92 Å². The maximum atomic E-state index is 13.3. The molecule has 1 aromatic heterocycles. The monoisotopic (exact) mass is 315 g/mol. The van der Waals surface area contributed by atoms with Crippen molar-refractivity contribution in [3.63, 3.8) is 0 Å². The van der Waals surface area contributed by atoms with Crippen molar-refractivity contribution in [1.82, 2.24) is 4.98 Å². The highest BCUT2D eigenvalue weighted by Crippen LogP contribution is 2.45. The predicted octanol–water partition coefficient (Wildman–Crippen LogP) is 2.17. The maximum Gasteiger partial charge on any atom is 0.432 e. The molecule has 0 unspecified atom stereocenters. The summed E-state index contributed by atoms with van der Waals surface area (Å²) in [5.74, 6) is -2.86. The zero-order valence-electron chi connectivity index (χ0n) is 11.6. The highest BCUT2D eigenvalue weighted by molar-refractivity contribution is 5.92. The summed E-state index contributed by atoms with van der Waals surface area (Å²) in [6, 6.07) is 3.99. The number of hydrogen-bond acceptors (Lipinski definition) is 5. The van der Waals surface area contributed by atoms with Crippen LogP contribution >= 0.6 is 0 Å². The number of halogens is 3. The zero-order valence-corrected chi connectivity index (χ0v) is 11.6. The minimum Gasteiger partial charge on any atom is -0.505 e. The van der Waals surface area contributed by atoms with E-state index >= 15 is 0 Å². The number of ether oxygens (including phenoxy) is 1. The number of alkyl halides is 3. The van der Waals surface area contributed by atoms with Crippen molar-refractivity contribution in [3.05, 3.63) is 35.5 Å². The fraction of sp³-hybridized carbons (Fsp3) is 0.286. The largest absolute Gasteiger partial charge is 0.505 e. The zero-order chi connectivity index (χ0) is 16.7. The molecule has 0 saturated carbocycles. The molecule has 2 aromatic rings. The molecule has 1 heterocycles. The van der Waals surface area contributed by atoms with E-state index in [1.165, 1.54) is 13.1 Å². The Morgan fingerprint density at radius 3 is 2.55 bits per heavy atom. The van der Waals surface area contributed by atoms with Gasteiger partial charge >= 0.3 is 12.1 Å². The lowest BCUT2D eigenvalue weighted by molar-refractivity contribution is -0.267. The van der Waals surface area contributed by atoms with E-state index in [0.29, 0.717) is 18.1 Å². The summed E-state index contributed by atoms with van der Waals surface area (Å²) in [7, 11) is 0.711. The van der Waals surface area contributed by atoms with Crippen LogP contribution in [0.2, 0.25) is 0 Å². The van der Waals surface area contributed by atoms with Crippen molar-refractivity contribution in [2.45, 2.75) is 18.7 Å². The first-order valence-corrected chi connectivity index (χ1v) is 6.10. The SMILES string of the molecule is COC(=O)[C@@](O)(c1cc(C)c2cccnc2c1O)C(F)(F)F. The molecular weight excluding hydrogens is 303 g/mol. The first-order valence-electron chi connectivity index (χ1n) is 6.10. The summed E-state index contributed by atoms with van der Waals surface area (Å²) in [5.41, 5.74) is -4.84. The van der Waals surface area contributed by atoms with E-state index in [2.05, 4.69) is 9.72 Å². The molecule has 0 aliphatic rings. The first kappa shape index (κ1) is 16.0. The molecule has 0 bridgehead atoms. The van der Waals surface area contributed by atoms with Crippen molar-refractivity contribution in [3.8, 4) is 5.75 Å². The molecule has 1 atom stereocenters. The molecule has 0 aliphatic carbocycles. The second-order valence-corrected chi connectivity index (χ2v) is 4.69. The fourth-order valence-electron chi connectivity index (χ4n) is 2.20. The van der Waals surface area contributed by atoms with Gasteiger partial charge in [0, 0.05) is 17.1 Å². The Bertz CT molecular complexity index is 745. The average Bonchev–Trinajstić information content (AvgIpc) is 2.48. The molecule has 0 aliphatic heterocycles. The molecule has 0 saturated heterocycles. The molecule has 0 radical (unpaired) electrons. The number of aromatic nitrogens is 1. The molecule has 1 aromatic carbocycles. The van der Waals surface area contributed by atoms with Gasteiger partial charge in [-0.15, -0.1) is 0 Å². The fourth-order valence-corrected chi connectivity index (χ4v) is 2.20. The molecule has 0 spiro atoms. The van der Waals surface area contributed by atoms with Crippen LogP contribution in [0.25, 0.3) is 10.9 Å². The molecule has 0 amide bonds. The normalized spacial score (nSPS) is 14.6. The number of phenolic OH excluding ortho intramolecular Hbond substituents is 1. The molecule has 5 nitrogen and oxygen atoms in total. The third kappa shape index (κ3) is 2.16. The van der Waals surface area contributed by atoms with E-state index in [-0.39, 0.29) is 5.52 Å². The number of nitrogens with zero attached hydrogens (tertiary/aromatic N) is 1. The maximum absolute atomic E-state index is 13.3. The number of aryl methyl sites for hydroxylation is 1. The van der Waals surface area contributed by atoms with Crippen molar-refractivity contribution in [2.24, 2.45) is 0 Å². The van der Waals surface area contributed by atoms with E-state index in [9.17, 15) is 28.2 Å². The van der Waals surface area contributed by atoms with Gasteiger partial charge in [0.25, 0.3) is 5.60 Å². The predicted molar refractivity (Wildman–Crippen MR) is 70.1 cm³/mol. The lowest BCUT2D eigenvalue weighted by atomic mass is 9.89. The van der Waals surface area contributed by atoms with Gasteiger partial charge in [-0.25, -0.2) is 4.79 Å². The Kier molecular flexibility index (Phi) is 3.74. The third-order valence-corrected chi connectivity index (χ3v) is 3.35. The van der Waals surface area contributed by atoms with Crippen LogP contribution in [0.5, 0.6) is 5.75 Å². The molecule has 2 rings (SSSR count). The Labute approximate surface area is 123 Å². The van der Waals surface area contributed by atoms with Crippen LogP contribution in [0.4, 0.5) is 13.2 Å². The number of aromatic hydroxyl groups is 1. The number of phenols is 1. The van der Waals surface area contributed by atoms with E-state index in [4.69, 9.17) is 0 Å². The van der Waals surface area contributed by atoms with E-state index in [1.54, 1.807) is 12.1 Å². The highest BCUT2D eigenvalue weighted by atomic mass is 19.4. The van der Waals surface area contributed by atoms with Crippen LogP contribution in [0.15, 0.2) is 24.4 Å². The first-order chi connectivity index (χ1) is 10.1. The van der Waals surface area contributed by atoms with Crippen molar-refractivity contribution in [2.75, 3.05) is 7.11 Å². The van der Waals surface area contributed by atoms with Crippen molar-refractivity contribution in [1.29, 1.82) is 0 Å². The minimum atomic E-state index is -5.38. The number of fused-ring (bicyclic) bond motifs is 1. The molecule has 0 fully saturated rings. The summed E-state index contributed by atoms with van der Waals surface area (Å²) >= 11 is 0. The Morgan fingerprint density at radius 2 is 2.00 bits per heavy atom. The quantitative estimate of drug-likeness (QED) is 0.830. The number of rotatable bonds is 2. The number of hydrogen-bond donors (Lipinski definition) is 2. The number of pyridine rings is 1. The van der Waals surface area contributed by atoms with Gasteiger partial charge in [-0.05, 0) is 24.6 Å². The number of methoxy groups -OCH3 is 1. The van der Waals surface area contributed by atoms with Crippen molar-refractivity contribution >= 4 is 16.9 Å². The molecule has 118 valence electrons. The lowest BCUT2D eigenvalue weighted by Gasteiger charge is -2.29. The minimum absolute atomic E-state index is 0.149. The van der Waals surface area contributed by atoms with Gasteiger partial charge < -0.3 is 14.9 Å². The van der Waals surface area contributed by atoms with Crippen LogP contribution in [-0.4, -0.2) is 34.5 Å². The number of aliphatic hydroxyl groups is 1. The number of carbonyl (C=O) groups excluding carboxylic acids is 1.